The van der Waals surface area contributed by atoms with Gasteiger partial charge in [0.1, 0.15) is 4.90 Å². The molecule has 0 unspecified atom stereocenters. The lowest BCUT2D eigenvalue weighted by atomic mass is 10.2. The first kappa shape index (κ1) is 19.4. The Morgan fingerprint density at radius 3 is 2.41 bits per heavy atom. The van der Waals surface area contributed by atoms with Crippen LogP contribution in [0.4, 0.5) is 0 Å². The number of piperazine rings is 1. The Labute approximate surface area is 159 Å². The summed E-state index contributed by atoms with van der Waals surface area (Å²) in [4.78, 5) is 26.5. The van der Waals surface area contributed by atoms with Crippen molar-refractivity contribution in [2.75, 3.05) is 26.2 Å². The Hall–Kier alpha value is -2.39. The summed E-state index contributed by atoms with van der Waals surface area (Å²) in [5.41, 5.74) is 1.12. The molecule has 8 nitrogen and oxygen atoms in total. The van der Waals surface area contributed by atoms with Crippen LogP contribution in [-0.4, -0.2) is 64.7 Å². The van der Waals surface area contributed by atoms with Crippen LogP contribution < -0.4 is 0 Å². The molecule has 0 aliphatic carbocycles. The Morgan fingerprint density at radius 1 is 1.15 bits per heavy atom. The topological polar surface area (TPSA) is 96.4 Å². The number of rotatable bonds is 4. The number of nitrogens with zero attached hydrogens (tertiary/aromatic N) is 5. The Balaban J connectivity index is 1.79. The number of carbonyl (C=O) groups excluding carboxylic acids is 1. The van der Waals surface area contributed by atoms with Crippen LogP contribution >= 0.6 is 0 Å². The highest BCUT2D eigenvalue weighted by Gasteiger charge is 2.32. The van der Waals surface area contributed by atoms with Crippen molar-refractivity contribution in [1.82, 2.24) is 24.2 Å². The molecular formula is C18H23N5O3S. The molecule has 27 heavy (non-hydrogen) atoms. The second kappa shape index (κ2) is 7.69. The maximum Gasteiger partial charge on any atom is 0.246 e. The molecule has 144 valence electrons. The molecule has 0 radical (unpaired) electrons. The summed E-state index contributed by atoms with van der Waals surface area (Å²) in [6, 6.07) is 3.59. The van der Waals surface area contributed by atoms with Crippen LogP contribution in [0, 0.1) is 12.8 Å². The molecule has 1 fully saturated rings. The number of aromatic nitrogens is 3. The van der Waals surface area contributed by atoms with E-state index in [0.29, 0.717) is 24.6 Å². The number of amides is 1. The van der Waals surface area contributed by atoms with E-state index >= 15 is 0 Å². The first-order valence-corrected chi connectivity index (χ1v) is 10.3. The molecule has 1 aliphatic heterocycles. The Bertz CT molecular complexity index is 923. The van der Waals surface area contributed by atoms with Gasteiger partial charge in [0.15, 0.2) is 5.82 Å². The van der Waals surface area contributed by atoms with Gasteiger partial charge in [-0.05, 0) is 19.1 Å². The van der Waals surface area contributed by atoms with E-state index in [0.717, 1.165) is 5.56 Å². The first-order valence-electron chi connectivity index (χ1n) is 8.83. The number of hydrogen-bond acceptors (Lipinski definition) is 6. The minimum atomic E-state index is -3.71. The fourth-order valence-corrected chi connectivity index (χ4v) is 4.52. The van der Waals surface area contributed by atoms with Crippen molar-refractivity contribution in [3.8, 4) is 11.4 Å². The van der Waals surface area contributed by atoms with E-state index < -0.39 is 10.0 Å². The van der Waals surface area contributed by atoms with Crippen molar-refractivity contribution in [2.24, 2.45) is 5.92 Å². The quantitative estimate of drug-likeness (QED) is 0.783. The van der Waals surface area contributed by atoms with Crippen molar-refractivity contribution in [2.45, 2.75) is 25.7 Å². The Morgan fingerprint density at radius 2 is 1.85 bits per heavy atom. The minimum Gasteiger partial charge on any atom is -0.340 e. The lowest BCUT2D eigenvalue weighted by molar-refractivity contribution is -0.135. The normalized spacial score (nSPS) is 15.9. The van der Waals surface area contributed by atoms with Crippen LogP contribution in [-0.2, 0) is 14.8 Å². The number of pyridine rings is 1. The third-order valence-electron chi connectivity index (χ3n) is 4.52. The van der Waals surface area contributed by atoms with Gasteiger partial charge in [0.2, 0.25) is 15.9 Å². The van der Waals surface area contributed by atoms with E-state index in [-0.39, 0.29) is 29.8 Å². The third-order valence-corrected chi connectivity index (χ3v) is 6.52. The molecule has 0 spiro atoms. The zero-order chi connectivity index (χ0) is 19.6. The summed E-state index contributed by atoms with van der Waals surface area (Å²) in [5.74, 6) is 0.392. The average molecular weight is 389 g/mol. The summed E-state index contributed by atoms with van der Waals surface area (Å²) in [5, 5.41) is 0. The van der Waals surface area contributed by atoms with Gasteiger partial charge in [0, 0.05) is 50.1 Å². The van der Waals surface area contributed by atoms with Crippen LogP contribution in [0.15, 0.2) is 35.6 Å². The molecule has 1 saturated heterocycles. The van der Waals surface area contributed by atoms with Gasteiger partial charge in [-0.25, -0.2) is 18.4 Å². The van der Waals surface area contributed by atoms with Gasteiger partial charge in [-0.2, -0.15) is 4.31 Å². The van der Waals surface area contributed by atoms with Gasteiger partial charge in [-0.1, -0.05) is 13.8 Å². The largest absolute Gasteiger partial charge is 0.340 e. The predicted molar refractivity (Wildman–Crippen MR) is 100 cm³/mol. The minimum absolute atomic E-state index is 0.0485. The van der Waals surface area contributed by atoms with Crippen molar-refractivity contribution >= 4 is 15.9 Å². The predicted octanol–water partition coefficient (Wildman–Crippen LogP) is 1.34. The highest BCUT2D eigenvalue weighted by atomic mass is 32.2. The van der Waals surface area contributed by atoms with Gasteiger partial charge in [-0.3, -0.25) is 9.78 Å². The zero-order valence-corrected chi connectivity index (χ0v) is 16.5. The summed E-state index contributed by atoms with van der Waals surface area (Å²) in [6.45, 7) is 6.67. The number of sulfonamides is 1. The average Bonchev–Trinajstić information content (AvgIpc) is 2.67. The van der Waals surface area contributed by atoms with Crippen LogP contribution in [0.1, 0.15) is 19.5 Å². The number of aryl methyl sites for hydroxylation is 1. The molecule has 0 N–H and O–H groups in total. The van der Waals surface area contributed by atoms with Crippen LogP contribution in [0.3, 0.4) is 0 Å². The van der Waals surface area contributed by atoms with Gasteiger partial charge < -0.3 is 4.90 Å². The molecule has 3 heterocycles. The lowest BCUT2D eigenvalue weighted by Gasteiger charge is -2.34. The molecule has 0 bridgehead atoms. The summed E-state index contributed by atoms with van der Waals surface area (Å²) >= 11 is 0. The highest BCUT2D eigenvalue weighted by molar-refractivity contribution is 7.89. The van der Waals surface area contributed by atoms with E-state index in [1.54, 1.807) is 30.3 Å². The molecule has 0 saturated carbocycles. The van der Waals surface area contributed by atoms with E-state index in [9.17, 15) is 13.2 Å². The van der Waals surface area contributed by atoms with Gasteiger partial charge in [-0.15, -0.1) is 0 Å². The van der Waals surface area contributed by atoms with Crippen molar-refractivity contribution in [3.05, 3.63) is 36.4 Å². The number of carbonyl (C=O) groups is 1. The van der Waals surface area contributed by atoms with Crippen molar-refractivity contribution in [3.63, 3.8) is 0 Å². The van der Waals surface area contributed by atoms with Crippen LogP contribution in [0.2, 0.25) is 0 Å². The summed E-state index contributed by atoms with van der Waals surface area (Å²) in [7, 11) is -3.71. The molecule has 1 aliphatic rings. The van der Waals surface area contributed by atoms with E-state index in [4.69, 9.17) is 0 Å². The van der Waals surface area contributed by atoms with Gasteiger partial charge >= 0.3 is 0 Å². The van der Waals surface area contributed by atoms with Gasteiger partial charge in [0.05, 0.1) is 11.9 Å². The van der Waals surface area contributed by atoms with E-state index in [1.807, 2.05) is 19.9 Å². The second-order valence-electron chi connectivity index (χ2n) is 6.77. The molecule has 2 aromatic heterocycles. The number of hydrogen-bond donors (Lipinski definition) is 0. The molecule has 1 amide bonds. The molecule has 3 rings (SSSR count). The molecule has 0 atom stereocenters. The SMILES string of the molecule is Cc1nc(-c2cccnc2)ncc1S(=O)(=O)N1CCN(C(=O)C(C)C)CC1. The zero-order valence-electron chi connectivity index (χ0n) is 15.7. The smallest absolute Gasteiger partial charge is 0.246 e. The molecule has 2 aromatic rings. The Kier molecular flexibility index (Phi) is 5.52. The molecular weight excluding hydrogens is 366 g/mol. The fourth-order valence-electron chi connectivity index (χ4n) is 3.00. The maximum atomic E-state index is 13.0. The maximum absolute atomic E-state index is 13.0. The summed E-state index contributed by atoms with van der Waals surface area (Å²) < 4.78 is 27.4. The van der Waals surface area contributed by atoms with Crippen molar-refractivity contribution in [1.29, 1.82) is 0 Å². The van der Waals surface area contributed by atoms with Gasteiger partial charge in [0.25, 0.3) is 0 Å². The van der Waals surface area contributed by atoms with Crippen LogP contribution in [0.25, 0.3) is 11.4 Å². The third kappa shape index (κ3) is 3.98. The molecule has 0 aromatic carbocycles. The summed E-state index contributed by atoms with van der Waals surface area (Å²) in [6.07, 6.45) is 4.64. The monoisotopic (exact) mass is 389 g/mol. The second-order valence-corrected chi connectivity index (χ2v) is 8.68. The molecule has 9 heteroatoms. The lowest BCUT2D eigenvalue weighted by Crippen LogP contribution is -2.51. The first-order chi connectivity index (χ1) is 12.8. The van der Waals surface area contributed by atoms with Crippen molar-refractivity contribution < 1.29 is 13.2 Å². The highest BCUT2D eigenvalue weighted by Crippen LogP contribution is 2.22. The van der Waals surface area contributed by atoms with Crippen LogP contribution in [0.5, 0.6) is 0 Å². The standard InChI is InChI=1S/C18H23N5O3S/c1-13(2)18(24)22-7-9-23(10-8-22)27(25,26)16-12-20-17(21-14(16)3)15-5-4-6-19-11-15/h4-6,11-13H,7-10H2,1-3H3. The van der Waals surface area contributed by atoms with E-state index in [2.05, 4.69) is 15.0 Å². The van der Waals surface area contributed by atoms with E-state index in [1.165, 1.54) is 10.5 Å². The fraction of sp³-hybridized carbons (Fsp3) is 0.444.